The molecule has 2 aromatic rings. The van der Waals surface area contributed by atoms with Crippen molar-refractivity contribution in [1.82, 2.24) is 4.98 Å². The molecule has 0 fully saturated rings. The molecule has 0 saturated carbocycles. The first-order valence-electron chi connectivity index (χ1n) is 9.63. The van der Waals surface area contributed by atoms with Crippen LogP contribution in [0.15, 0.2) is 36.4 Å². The summed E-state index contributed by atoms with van der Waals surface area (Å²) < 4.78 is 2.33. The number of rotatable bonds is 10. The SMILES string of the molecule is CCCCCCC[n+]1c(N(CC)c2ccccc2)cc(C)nc1NC.[Cl-]. The van der Waals surface area contributed by atoms with Crippen LogP contribution in [0.25, 0.3) is 0 Å². The predicted molar refractivity (Wildman–Crippen MR) is 107 cm³/mol. The van der Waals surface area contributed by atoms with E-state index in [1.807, 2.05) is 7.05 Å². The van der Waals surface area contributed by atoms with E-state index < -0.39 is 0 Å². The van der Waals surface area contributed by atoms with Crippen molar-refractivity contribution in [3.63, 3.8) is 0 Å². The number of anilines is 3. The van der Waals surface area contributed by atoms with Crippen LogP contribution in [0.4, 0.5) is 17.5 Å². The van der Waals surface area contributed by atoms with Crippen molar-refractivity contribution in [2.45, 2.75) is 59.4 Å². The Morgan fingerprint density at radius 1 is 1.04 bits per heavy atom. The smallest absolute Gasteiger partial charge is 0.347 e. The molecule has 0 radical (unpaired) electrons. The summed E-state index contributed by atoms with van der Waals surface area (Å²) in [5.74, 6) is 2.15. The molecule has 1 N–H and O–H groups in total. The number of aromatic nitrogens is 2. The van der Waals surface area contributed by atoms with E-state index in [4.69, 9.17) is 4.98 Å². The Kier molecular flexibility index (Phi) is 10.0. The van der Waals surface area contributed by atoms with Gasteiger partial charge in [-0.05, 0) is 32.4 Å². The highest BCUT2D eigenvalue weighted by molar-refractivity contribution is 5.58. The second kappa shape index (κ2) is 11.7. The van der Waals surface area contributed by atoms with Crippen molar-refractivity contribution < 1.29 is 17.0 Å². The first kappa shape index (κ1) is 22.2. The molecule has 0 bridgehead atoms. The molecule has 5 heteroatoms. The lowest BCUT2D eigenvalue weighted by Crippen LogP contribution is -3.00. The number of aryl methyl sites for hydroxylation is 1. The van der Waals surface area contributed by atoms with Crippen LogP contribution in [0, 0.1) is 6.92 Å². The van der Waals surface area contributed by atoms with Gasteiger partial charge in [0.05, 0.1) is 18.8 Å². The van der Waals surface area contributed by atoms with Crippen LogP contribution < -0.4 is 27.2 Å². The lowest BCUT2D eigenvalue weighted by atomic mass is 10.1. The summed E-state index contributed by atoms with van der Waals surface area (Å²) in [6, 6.07) is 12.8. The van der Waals surface area contributed by atoms with Gasteiger partial charge in [0.2, 0.25) is 5.82 Å². The van der Waals surface area contributed by atoms with Crippen molar-refractivity contribution in [2.75, 3.05) is 23.8 Å². The molecule has 0 spiro atoms. The van der Waals surface area contributed by atoms with Gasteiger partial charge in [-0.3, -0.25) is 10.2 Å². The highest BCUT2D eigenvalue weighted by Gasteiger charge is 2.21. The zero-order valence-corrected chi connectivity index (χ0v) is 17.4. The number of unbranched alkanes of at least 4 members (excludes halogenated alkanes) is 4. The fourth-order valence-electron chi connectivity index (χ4n) is 3.23. The summed E-state index contributed by atoms with van der Waals surface area (Å²) >= 11 is 0. The van der Waals surface area contributed by atoms with Crippen LogP contribution in [0.2, 0.25) is 0 Å². The number of hydrogen-bond acceptors (Lipinski definition) is 3. The highest BCUT2D eigenvalue weighted by Crippen LogP contribution is 2.23. The van der Waals surface area contributed by atoms with E-state index in [1.54, 1.807) is 0 Å². The molecule has 0 aliphatic carbocycles. The van der Waals surface area contributed by atoms with E-state index in [2.05, 4.69) is 72.0 Å². The minimum atomic E-state index is 0. The largest absolute Gasteiger partial charge is 1.00 e. The number of benzene rings is 1. The zero-order chi connectivity index (χ0) is 18.1. The van der Waals surface area contributed by atoms with Crippen molar-refractivity contribution >= 4 is 17.5 Å². The van der Waals surface area contributed by atoms with Crippen molar-refractivity contribution in [2.24, 2.45) is 0 Å². The lowest BCUT2D eigenvalue weighted by molar-refractivity contribution is -0.673. The third kappa shape index (κ3) is 5.87. The first-order valence-corrected chi connectivity index (χ1v) is 9.63. The van der Waals surface area contributed by atoms with Crippen LogP contribution in [0.3, 0.4) is 0 Å². The van der Waals surface area contributed by atoms with Gasteiger partial charge in [0.1, 0.15) is 5.69 Å². The first-order chi connectivity index (χ1) is 12.2. The van der Waals surface area contributed by atoms with E-state index in [9.17, 15) is 0 Å². The standard InChI is InChI=1S/C21H32N4.ClH/c1-5-7-8-9-13-16-25-20(17-18(3)23-21(25)22-4)24(6-2)19-14-11-10-12-15-19;/h10-12,14-15,17H,5-9,13,16H2,1-4H3;1H. The summed E-state index contributed by atoms with van der Waals surface area (Å²) in [7, 11) is 1.96. The van der Waals surface area contributed by atoms with E-state index in [-0.39, 0.29) is 12.4 Å². The van der Waals surface area contributed by atoms with Crippen molar-refractivity contribution in [3.8, 4) is 0 Å². The maximum absolute atomic E-state index is 4.70. The van der Waals surface area contributed by atoms with E-state index in [1.165, 1.54) is 43.6 Å². The third-order valence-corrected chi connectivity index (χ3v) is 4.52. The van der Waals surface area contributed by atoms with Gasteiger partial charge in [0.15, 0.2) is 0 Å². The van der Waals surface area contributed by atoms with Crippen LogP contribution in [-0.2, 0) is 6.54 Å². The van der Waals surface area contributed by atoms with E-state index in [0.29, 0.717) is 0 Å². The molecule has 144 valence electrons. The lowest BCUT2D eigenvalue weighted by Gasteiger charge is -2.23. The molecule has 2 rings (SSSR count). The van der Waals surface area contributed by atoms with Gasteiger partial charge in [0.25, 0.3) is 0 Å². The number of para-hydroxylation sites is 1. The fourth-order valence-corrected chi connectivity index (χ4v) is 3.23. The molecule has 0 aliphatic rings. The Morgan fingerprint density at radius 3 is 2.35 bits per heavy atom. The van der Waals surface area contributed by atoms with Gasteiger partial charge in [0, 0.05) is 13.1 Å². The minimum absolute atomic E-state index is 0. The normalized spacial score (nSPS) is 10.3. The average molecular weight is 377 g/mol. The molecule has 1 aromatic heterocycles. The minimum Gasteiger partial charge on any atom is -1.00 e. The Morgan fingerprint density at radius 2 is 1.73 bits per heavy atom. The summed E-state index contributed by atoms with van der Waals surface area (Å²) in [5.41, 5.74) is 2.26. The van der Waals surface area contributed by atoms with Crippen molar-refractivity contribution in [1.29, 1.82) is 0 Å². The van der Waals surface area contributed by atoms with Crippen LogP contribution >= 0.6 is 0 Å². The molecule has 26 heavy (non-hydrogen) atoms. The second-order valence-corrected chi connectivity index (χ2v) is 6.47. The van der Waals surface area contributed by atoms with Crippen LogP contribution in [0.5, 0.6) is 0 Å². The molecular formula is C21H33ClN4. The Bertz CT molecular complexity index is 646. The van der Waals surface area contributed by atoms with Gasteiger partial charge in [-0.2, -0.15) is 0 Å². The highest BCUT2D eigenvalue weighted by atomic mass is 35.5. The summed E-state index contributed by atoms with van der Waals surface area (Å²) in [6.07, 6.45) is 6.38. The summed E-state index contributed by atoms with van der Waals surface area (Å²) in [4.78, 5) is 7.07. The van der Waals surface area contributed by atoms with Crippen LogP contribution in [-0.4, -0.2) is 18.6 Å². The molecule has 0 atom stereocenters. The Balaban J connectivity index is 0.00000338. The van der Waals surface area contributed by atoms with Gasteiger partial charge < -0.3 is 12.4 Å². The molecule has 0 unspecified atom stereocenters. The van der Waals surface area contributed by atoms with Gasteiger partial charge >= 0.3 is 5.95 Å². The summed E-state index contributed by atoms with van der Waals surface area (Å²) in [5, 5.41) is 3.28. The number of nitrogens with one attached hydrogen (secondary N) is 1. The monoisotopic (exact) mass is 376 g/mol. The molecule has 1 heterocycles. The molecule has 0 aliphatic heterocycles. The van der Waals surface area contributed by atoms with Gasteiger partial charge in [-0.1, -0.05) is 50.8 Å². The second-order valence-electron chi connectivity index (χ2n) is 6.47. The van der Waals surface area contributed by atoms with Gasteiger partial charge in [-0.25, -0.2) is 4.57 Å². The van der Waals surface area contributed by atoms with E-state index >= 15 is 0 Å². The topological polar surface area (TPSA) is 32.0 Å². The van der Waals surface area contributed by atoms with E-state index in [0.717, 1.165) is 24.7 Å². The number of halogens is 1. The Hall–Kier alpha value is -1.81. The Labute approximate surface area is 165 Å². The van der Waals surface area contributed by atoms with Gasteiger partial charge in [-0.15, -0.1) is 4.98 Å². The average Bonchev–Trinajstić information content (AvgIpc) is 2.64. The molecule has 4 nitrogen and oxygen atoms in total. The maximum atomic E-state index is 4.70. The summed E-state index contributed by atoms with van der Waals surface area (Å²) in [6.45, 7) is 8.44. The molecule has 1 aromatic carbocycles. The quantitative estimate of drug-likeness (QED) is 0.507. The molecular weight excluding hydrogens is 344 g/mol. The predicted octanol–water partition coefficient (Wildman–Crippen LogP) is 1.85. The van der Waals surface area contributed by atoms with Crippen molar-refractivity contribution in [3.05, 3.63) is 42.1 Å². The maximum Gasteiger partial charge on any atom is 0.347 e. The molecule has 0 saturated heterocycles. The number of nitrogens with zero attached hydrogens (tertiary/aromatic N) is 3. The zero-order valence-electron chi connectivity index (χ0n) is 16.6. The third-order valence-electron chi connectivity index (χ3n) is 4.52. The molecule has 0 amide bonds. The number of hydrogen-bond donors (Lipinski definition) is 1. The fraction of sp³-hybridized carbons (Fsp3) is 0.524. The van der Waals surface area contributed by atoms with Crippen LogP contribution in [0.1, 0.15) is 51.6 Å².